The summed E-state index contributed by atoms with van der Waals surface area (Å²) in [5, 5.41) is 0. The van der Waals surface area contributed by atoms with Gasteiger partial charge in [0.2, 0.25) is 0 Å². The van der Waals surface area contributed by atoms with Gasteiger partial charge in [0.15, 0.2) is 0 Å². The van der Waals surface area contributed by atoms with Crippen LogP contribution in [0.15, 0.2) is 42.5 Å². The highest BCUT2D eigenvalue weighted by Gasteiger charge is 2.09. The van der Waals surface area contributed by atoms with Crippen molar-refractivity contribution < 1.29 is 4.79 Å². The molecule has 3 N–H and O–H groups in total. The zero-order chi connectivity index (χ0) is 13.0. The number of benzene rings is 1. The number of nitrogens with one attached hydrogen (secondary N) is 1. The van der Waals surface area contributed by atoms with E-state index in [0.717, 1.165) is 17.1 Å². The fourth-order valence-electron chi connectivity index (χ4n) is 1.66. The van der Waals surface area contributed by atoms with E-state index in [2.05, 4.69) is 22.5 Å². The van der Waals surface area contributed by atoms with Gasteiger partial charge in [-0.05, 0) is 24.3 Å². The van der Waals surface area contributed by atoms with Gasteiger partial charge in [0, 0.05) is 17.6 Å². The van der Waals surface area contributed by atoms with Crippen molar-refractivity contribution in [2.45, 2.75) is 6.54 Å². The molecule has 0 aliphatic rings. The summed E-state index contributed by atoms with van der Waals surface area (Å²) in [6.45, 7) is 0.770. The Hall–Kier alpha value is -1.85. The number of amides is 1. The Morgan fingerprint density at radius 3 is 2.67 bits per heavy atom. The molecular weight excluding hydrogens is 246 g/mol. The molecule has 0 aliphatic heterocycles. The molecule has 0 saturated heterocycles. The summed E-state index contributed by atoms with van der Waals surface area (Å²) in [6.07, 6.45) is 0. The second kappa shape index (κ2) is 5.66. The molecule has 0 saturated carbocycles. The Bertz CT molecular complexity index is 524. The number of rotatable bonds is 4. The zero-order valence-corrected chi connectivity index (χ0v) is 10.9. The average molecular weight is 261 g/mol. The number of hydrazine groups is 1. The summed E-state index contributed by atoms with van der Waals surface area (Å²) in [5.74, 6) is 4.86. The van der Waals surface area contributed by atoms with Gasteiger partial charge in [-0.25, -0.2) is 5.84 Å². The molecule has 1 amide bonds. The van der Waals surface area contributed by atoms with Crippen molar-refractivity contribution in [3.63, 3.8) is 0 Å². The standard InChI is InChI=1S/C13H15N3OS/c1-16(10-5-3-2-4-6-10)9-11-7-8-12(18-11)13(17)15-14/h2-8H,9,14H2,1H3,(H,15,17). The van der Waals surface area contributed by atoms with Gasteiger partial charge >= 0.3 is 0 Å². The monoisotopic (exact) mass is 261 g/mol. The molecule has 2 rings (SSSR count). The van der Waals surface area contributed by atoms with E-state index in [-0.39, 0.29) is 5.91 Å². The molecule has 0 aliphatic carbocycles. The third kappa shape index (κ3) is 2.88. The molecule has 2 aromatic rings. The molecule has 1 aromatic carbocycles. The fourth-order valence-corrected chi connectivity index (χ4v) is 2.63. The largest absolute Gasteiger partial charge is 0.369 e. The Morgan fingerprint density at radius 1 is 1.28 bits per heavy atom. The van der Waals surface area contributed by atoms with Gasteiger partial charge in [-0.15, -0.1) is 11.3 Å². The molecule has 94 valence electrons. The first-order chi connectivity index (χ1) is 8.70. The van der Waals surface area contributed by atoms with Crippen molar-refractivity contribution in [3.05, 3.63) is 52.2 Å². The minimum absolute atomic E-state index is 0.242. The van der Waals surface area contributed by atoms with Crippen LogP contribution in [-0.2, 0) is 6.54 Å². The number of hydrogen-bond acceptors (Lipinski definition) is 4. The van der Waals surface area contributed by atoms with Crippen molar-refractivity contribution in [1.29, 1.82) is 0 Å². The van der Waals surface area contributed by atoms with Crippen LogP contribution in [-0.4, -0.2) is 13.0 Å². The van der Waals surface area contributed by atoms with Gasteiger partial charge in [-0.2, -0.15) is 0 Å². The van der Waals surface area contributed by atoms with Crippen LogP contribution in [0.1, 0.15) is 14.5 Å². The van der Waals surface area contributed by atoms with Crippen molar-refractivity contribution in [2.24, 2.45) is 5.84 Å². The molecular formula is C13H15N3OS. The lowest BCUT2D eigenvalue weighted by atomic mass is 10.3. The fraction of sp³-hybridized carbons (Fsp3) is 0.154. The van der Waals surface area contributed by atoms with E-state index in [1.54, 1.807) is 6.07 Å². The summed E-state index contributed by atoms with van der Waals surface area (Å²) in [7, 11) is 2.03. The second-order valence-electron chi connectivity index (χ2n) is 3.93. The molecule has 0 radical (unpaired) electrons. The van der Waals surface area contributed by atoms with E-state index in [4.69, 9.17) is 5.84 Å². The van der Waals surface area contributed by atoms with E-state index in [9.17, 15) is 4.79 Å². The lowest BCUT2D eigenvalue weighted by molar-refractivity contribution is 0.0957. The van der Waals surface area contributed by atoms with Gasteiger partial charge in [0.05, 0.1) is 11.4 Å². The predicted molar refractivity (Wildman–Crippen MR) is 74.5 cm³/mol. The molecule has 0 bridgehead atoms. The quantitative estimate of drug-likeness (QED) is 0.503. The Morgan fingerprint density at radius 2 is 2.00 bits per heavy atom. The van der Waals surface area contributed by atoms with Crippen LogP contribution in [0, 0.1) is 0 Å². The van der Waals surface area contributed by atoms with Crippen LogP contribution < -0.4 is 16.2 Å². The number of carbonyl (C=O) groups is 1. The van der Waals surface area contributed by atoms with Crippen molar-refractivity contribution in [1.82, 2.24) is 5.43 Å². The molecule has 0 atom stereocenters. The SMILES string of the molecule is CN(Cc1ccc(C(=O)NN)s1)c1ccccc1. The Balaban J connectivity index is 2.06. The number of nitrogens with two attached hydrogens (primary N) is 1. The number of para-hydroxylation sites is 1. The molecule has 1 heterocycles. The minimum Gasteiger partial charge on any atom is -0.369 e. The third-order valence-corrected chi connectivity index (χ3v) is 3.68. The second-order valence-corrected chi connectivity index (χ2v) is 5.10. The summed E-state index contributed by atoms with van der Waals surface area (Å²) in [6, 6.07) is 13.9. The first-order valence-electron chi connectivity index (χ1n) is 5.56. The van der Waals surface area contributed by atoms with E-state index in [1.807, 2.05) is 31.3 Å². The highest BCUT2D eigenvalue weighted by molar-refractivity contribution is 7.14. The molecule has 0 unspecified atom stereocenters. The highest BCUT2D eigenvalue weighted by Crippen LogP contribution is 2.20. The summed E-state index contributed by atoms with van der Waals surface area (Å²) in [5.41, 5.74) is 3.29. The van der Waals surface area contributed by atoms with Gasteiger partial charge in [0.1, 0.15) is 0 Å². The van der Waals surface area contributed by atoms with Crippen LogP contribution in [0.3, 0.4) is 0 Å². The Labute approximate surface area is 110 Å². The van der Waals surface area contributed by atoms with Crippen LogP contribution in [0.25, 0.3) is 0 Å². The van der Waals surface area contributed by atoms with Crippen molar-refractivity contribution in [2.75, 3.05) is 11.9 Å². The lowest BCUT2D eigenvalue weighted by Gasteiger charge is -2.18. The van der Waals surface area contributed by atoms with Gasteiger partial charge in [0.25, 0.3) is 5.91 Å². The molecule has 18 heavy (non-hydrogen) atoms. The third-order valence-electron chi connectivity index (χ3n) is 2.61. The normalized spacial score (nSPS) is 10.1. The van der Waals surface area contributed by atoms with Crippen molar-refractivity contribution >= 4 is 22.9 Å². The van der Waals surface area contributed by atoms with Gasteiger partial charge in [-0.3, -0.25) is 10.2 Å². The molecule has 5 heteroatoms. The minimum atomic E-state index is -0.242. The lowest BCUT2D eigenvalue weighted by Crippen LogP contribution is -2.29. The first-order valence-corrected chi connectivity index (χ1v) is 6.38. The number of nitrogen functional groups attached to an aromatic ring is 1. The predicted octanol–water partition coefficient (Wildman–Crippen LogP) is 1.99. The van der Waals surface area contributed by atoms with Crippen LogP contribution >= 0.6 is 11.3 Å². The highest BCUT2D eigenvalue weighted by atomic mass is 32.1. The van der Waals surface area contributed by atoms with Crippen LogP contribution in [0.2, 0.25) is 0 Å². The number of hydrogen-bond donors (Lipinski definition) is 2. The topological polar surface area (TPSA) is 58.4 Å². The van der Waals surface area contributed by atoms with Crippen LogP contribution in [0.5, 0.6) is 0 Å². The first kappa shape index (κ1) is 12.6. The number of carbonyl (C=O) groups excluding carboxylic acids is 1. The molecule has 0 fully saturated rings. The summed E-state index contributed by atoms with van der Waals surface area (Å²) >= 11 is 1.45. The molecule has 1 aromatic heterocycles. The Kier molecular flexibility index (Phi) is 3.96. The summed E-state index contributed by atoms with van der Waals surface area (Å²) in [4.78, 5) is 15.2. The summed E-state index contributed by atoms with van der Waals surface area (Å²) < 4.78 is 0. The zero-order valence-electron chi connectivity index (χ0n) is 10.1. The molecule has 0 spiro atoms. The maximum atomic E-state index is 11.3. The van der Waals surface area contributed by atoms with Crippen molar-refractivity contribution in [3.8, 4) is 0 Å². The van der Waals surface area contributed by atoms with Gasteiger partial charge < -0.3 is 4.90 Å². The van der Waals surface area contributed by atoms with Crippen LogP contribution in [0.4, 0.5) is 5.69 Å². The van der Waals surface area contributed by atoms with E-state index in [1.165, 1.54) is 11.3 Å². The van der Waals surface area contributed by atoms with E-state index >= 15 is 0 Å². The average Bonchev–Trinajstić information content (AvgIpc) is 2.87. The number of nitrogens with zero attached hydrogens (tertiary/aromatic N) is 1. The van der Waals surface area contributed by atoms with Gasteiger partial charge in [-0.1, -0.05) is 18.2 Å². The maximum Gasteiger partial charge on any atom is 0.275 e. The maximum absolute atomic E-state index is 11.3. The number of thiophene rings is 1. The van der Waals surface area contributed by atoms with E-state index in [0.29, 0.717) is 4.88 Å². The smallest absolute Gasteiger partial charge is 0.275 e. The number of anilines is 1. The van der Waals surface area contributed by atoms with E-state index < -0.39 is 0 Å². The molecule has 4 nitrogen and oxygen atoms in total.